The Morgan fingerprint density at radius 2 is 2.19 bits per heavy atom. The number of aromatic amines is 1. The lowest BCUT2D eigenvalue weighted by atomic mass is 10.2. The zero-order valence-electron chi connectivity index (χ0n) is 11.7. The summed E-state index contributed by atoms with van der Waals surface area (Å²) in [6.45, 7) is 3.60. The Bertz CT molecular complexity index is 905. The van der Waals surface area contributed by atoms with Crippen LogP contribution in [0.1, 0.15) is 20.9 Å². The second-order valence-electron chi connectivity index (χ2n) is 4.79. The molecule has 8 heteroatoms. The molecular formula is C13H13N5O2S. The van der Waals surface area contributed by atoms with E-state index in [0.717, 1.165) is 5.69 Å². The number of aryl methyl sites for hydroxylation is 3. The van der Waals surface area contributed by atoms with E-state index in [0.29, 0.717) is 26.5 Å². The molecule has 0 saturated heterocycles. The molecular weight excluding hydrogens is 290 g/mol. The van der Waals surface area contributed by atoms with E-state index in [1.54, 1.807) is 20.0 Å². The van der Waals surface area contributed by atoms with Crippen LogP contribution in [0.5, 0.6) is 0 Å². The van der Waals surface area contributed by atoms with Gasteiger partial charge in [-0.1, -0.05) is 0 Å². The van der Waals surface area contributed by atoms with Crippen LogP contribution in [0.15, 0.2) is 17.2 Å². The van der Waals surface area contributed by atoms with E-state index in [1.165, 1.54) is 22.2 Å². The standard InChI is InChI=1S/C13H13N5O2S/c1-6-4-8(17-16-6)15-11(19)10-7(2)9-12(21-10)14-5-18(3)13(9)20/h4-5H,1-3H3,(H2,15,16,17,19). The number of carbonyl (C=O) groups excluding carboxylic acids is 1. The van der Waals surface area contributed by atoms with Crippen molar-refractivity contribution in [2.45, 2.75) is 13.8 Å². The minimum atomic E-state index is -0.288. The molecule has 7 nitrogen and oxygen atoms in total. The third-order valence-corrected chi connectivity index (χ3v) is 4.36. The summed E-state index contributed by atoms with van der Waals surface area (Å²) >= 11 is 1.21. The lowest BCUT2D eigenvalue weighted by Gasteiger charge is -2.00. The van der Waals surface area contributed by atoms with Crippen molar-refractivity contribution in [2.75, 3.05) is 5.32 Å². The Hall–Kier alpha value is -2.48. The number of nitrogens with zero attached hydrogens (tertiary/aromatic N) is 3. The fourth-order valence-electron chi connectivity index (χ4n) is 2.08. The van der Waals surface area contributed by atoms with Crippen LogP contribution >= 0.6 is 11.3 Å². The van der Waals surface area contributed by atoms with Gasteiger partial charge in [0.25, 0.3) is 11.5 Å². The fourth-order valence-corrected chi connectivity index (χ4v) is 3.12. The number of nitrogens with one attached hydrogen (secondary N) is 2. The number of carbonyl (C=O) groups is 1. The summed E-state index contributed by atoms with van der Waals surface area (Å²) < 4.78 is 1.40. The van der Waals surface area contributed by atoms with Crippen LogP contribution in [0.25, 0.3) is 10.2 Å². The average molecular weight is 303 g/mol. The van der Waals surface area contributed by atoms with Crippen molar-refractivity contribution in [3.8, 4) is 0 Å². The molecule has 0 saturated carbocycles. The van der Waals surface area contributed by atoms with Crippen molar-refractivity contribution in [2.24, 2.45) is 7.05 Å². The first-order valence-corrected chi connectivity index (χ1v) is 7.07. The lowest BCUT2D eigenvalue weighted by Crippen LogP contribution is -2.17. The van der Waals surface area contributed by atoms with Gasteiger partial charge in [0.05, 0.1) is 16.6 Å². The first-order chi connectivity index (χ1) is 9.97. The van der Waals surface area contributed by atoms with Crippen LogP contribution in [0.4, 0.5) is 5.82 Å². The summed E-state index contributed by atoms with van der Waals surface area (Å²) in [6.07, 6.45) is 1.46. The summed E-state index contributed by atoms with van der Waals surface area (Å²) in [5, 5.41) is 9.92. The van der Waals surface area contributed by atoms with E-state index in [4.69, 9.17) is 0 Å². The highest BCUT2D eigenvalue weighted by atomic mass is 32.1. The minimum absolute atomic E-state index is 0.150. The Kier molecular flexibility index (Phi) is 3.09. The first kappa shape index (κ1) is 13.5. The predicted octanol–water partition coefficient (Wildman–Crippen LogP) is 1.59. The van der Waals surface area contributed by atoms with Crippen molar-refractivity contribution in [1.82, 2.24) is 19.7 Å². The molecule has 0 aliphatic rings. The molecule has 1 amide bonds. The highest BCUT2D eigenvalue weighted by Crippen LogP contribution is 2.27. The molecule has 0 fully saturated rings. The molecule has 2 N–H and O–H groups in total. The molecule has 3 heterocycles. The molecule has 108 valence electrons. The van der Waals surface area contributed by atoms with Crippen molar-refractivity contribution in [1.29, 1.82) is 0 Å². The van der Waals surface area contributed by atoms with Gasteiger partial charge in [-0.05, 0) is 19.4 Å². The Labute approximate surface area is 123 Å². The number of hydrogen-bond donors (Lipinski definition) is 2. The number of H-pyrrole nitrogens is 1. The van der Waals surface area contributed by atoms with Crippen LogP contribution in [-0.2, 0) is 7.05 Å². The second kappa shape index (κ2) is 4.81. The summed E-state index contributed by atoms with van der Waals surface area (Å²) in [7, 11) is 1.64. The Morgan fingerprint density at radius 3 is 2.86 bits per heavy atom. The van der Waals surface area contributed by atoms with E-state index in [-0.39, 0.29) is 11.5 Å². The topological polar surface area (TPSA) is 92.7 Å². The third kappa shape index (κ3) is 2.23. The van der Waals surface area contributed by atoms with Gasteiger partial charge in [-0.15, -0.1) is 11.3 Å². The van der Waals surface area contributed by atoms with Crippen molar-refractivity contribution < 1.29 is 4.79 Å². The summed E-state index contributed by atoms with van der Waals surface area (Å²) in [5.41, 5.74) is 1.35. The fraction of sp³-hybridized carbons (Fsp3) is 0.231. The normalized spacial score (nSPS) is 11.0. The molecule has 0 aromatic carbocycles. The zero-order valence-corrected chi connectivity index (χ0v) is 12.5. The molecule has 3 aromatic heterocycles. The summed E-state index contributed by atoms with van der Waals surface area (Å²) in [6, 6.07) is 1.73. The van der Waals surface area contributed by atoms with Gasteiger partial charge >= 0.3 is 0 Å². The van der Waals surface area contributed by atoms with Gasteiger partial charge in [0, 0.05) is 18.8 Å². The summed E-state index contributed by atoms with van der Waals surface area (Å²) in [5.74, 6) is 0.166. The van der Waals surface area contributed by atoms with Crippen LogP contribution in [0.2, 0.25) is 0 Å². The molecule has 21 heavy (non-hydrogen) atoms. The van der Waals surface area contributed by atoms with Crippen LogP contribution in [-0.4, -0.2) is 25.7 Å². The lowest BCUT2D eigenvalue weighted by molar-refractivity contribution is 0.102. The summed E-state index contributed by atoms with van der Waals surface area (Å²) in [4.78, 5) is 29.7. The van der Waals surface area contributed by atoms with E-state index in [2.05, 4.69) is 20.5 Å². The number of amides is 1. The van der Waals surface area contributed by atoms with Crippen LogP contribution in [0.3, 0.4) is 0 Å². The average Bonchev–Trinajstić information content (AvgIpc) is 2.98. The number of thiophene rings is 1. The zero-order chi connectivity index (χ0) is 15.1. The van der Waals surface area contributed by atoms with Crippen LogP contribution in [0, 0.1) is 13.8 Å². The number of anilines is 1. The number of rotatable bonds is 2. The predicted molar refractivity (Wildman–Crippen MR) is 80.9 cm³/mol. The van der Waals surface area contributed by atoms with E-state index in [9.17, 15) is 9.59 Å². The molecule has 3 aromatic rings. The van der Waals surface area contributed by atoms with Crippen LogP contribution < -0.4 is 10.9 Å². The Morgan fingerprint density at radius 1 is 1.43 bits per heavy atom. The molecule has 0 unspecified atom stereocenters. The van der Waals surface area contributed by atoms with Gasteiger partial charge in [-0.2, -0.15) is 5.10 Å². The van der Waals surface area contributed by atoms with Crippen molar-refractivity contribution in [3.63, 3.8) is 0 Å². The minimum Gasteiger partial charge on any atom is -0.304 e. The largest absolute Gasteiger partial charge is 0.304 e. The smallest absolute Gasteiger partial charge is 0.267 e. The van der Waals surface area contributed by atoms with Gasteiger partial charge < -0.3 is 9.88 Å². The van der Waals surface area contributed by atoms with Gasteiger partial charge in [0.2, 0.25) is 0 Å². The Balaban J connectivity index is 2.04. The first-order valence-electron chi connectivity index (χ1n) is 6.25. The molecule has 0 radical (unpaired) electrons. The van der Waals surface area contributed by atoms with Gasteiger partial charge in [0.1, 0.15) is 4.83 Å². The maximum absolute atomic E-state index is 12.3. The monoisotopic (exact) mass is 303 g/mol. The molecule has 3 rings (SSSR count). The van der Waals surface area contributed by atoms with Gasteiger partial charge in [-0.25, -0.2) is 4.98 Å². The number of aromatic nitrogens is 4. The van der Waals surface area contributed by atoms with Crippen molar-refractivity contribution in [3.05, 3.63) is 38.9 Å². The maximum atomic E-state index is 12.3. The SMILES string of the molecule is Cc1cc(NC(=O)c2sc3ncn(C)c(=O)c3c2C)n[nH]1. The van der Waals surface area contributed by atoms with E-state index in [1.807, 2.05) is 6.92 Å². The van der Waals surface area contributed by atoms with Crippen molar-refractivity contribution >= 4 is 33.3 Å². The van der Waals surface area contributed by atoms with Gasteiger partial charge in [-0.3, -0.25) is 14.7 Å². The molecule has 0 atom stereocenters. The molecule has 0 bridgehead atoms. The van der Waals surface area contributed by atoms with E-state index < -0.39 is 0 Å². The maximum Gasteiger partial charge on any atom is 0.267 e. The molecule has 0 aliphatic heterocycles. The molecule has 0 spiro atoms. The highest BCUT2D eigenvalue weighted by molar-refractivity contribution is 7.20. The highest BCUT2D eigenvalue weighted by Gasteiger charge is 2.19. The quantitative estimate of drug-likeness (QED) is 0.752. The number of hydrogen-bond acceptors (Lipinski definition) is 5. The third-order valence-electron chi connectivity index (χ3n) is 3.16. The number of fused-ring (bicyclic) bond motifs is 1. The van der Waals surface area contributed by atoms with E-state index >= 15 is 0 Å². The second-order valence-corrected chi connectivity index (χ2v) is 5.79. The molecule has 0 aliphatic carbocycles. The van der Waals surface area contributed by atoms with Gasteiger partial charge in [0.15, 0.2) is 5.82 Å².